The van der Waals surface area contributed by atoms with E-state index in [9.17, 15) is 14.4 Å². The highest BCUT2D eigenvalue weighted by atomic mass is 16.7. The number of carboxylic acid groups (broad SMARTS) is 1. The molecule has 0 aromatic heterocycles. The van der Waals surface area contributed by atoms with Crippen molar-refractivity contribution in [1.82, 2.24) is 5.32 Å². The molecule has 0 aliphatic heterocycles. The molecule has 128 valence electrons. The Morgan fingerprint density at radius 2 is 2.13 bits per heavy atom. The molecule has 0 radical (unpaired) electrons. The summed E-state index contributed by atoms with van der Waals surface area (Å²) >= 11 is 0. The fourth-order valence-corrected chi connectivity index (χ4v) is 3.59. The number of rotatable bonds is 7. The molecule has 0 spiro atoms. The van der Waals surface area contributed by atoms with E-state index >= 15 is 0 Å². The fourth-order valence-electron chi connectivity index (χ4n) is 3.59. The molecule has 23 heavy (non-hydrogen) atoms. The van der Waals surface area contributed by atoms with E-state index in [1.807, 2.05) is 0 Å². The summed E-state index contributed by atoms with van der Waals surface area (Å²) in [7, 11) is 0. The second-order valence-electron chi connectivity index (χ2n) is 6.26. The minimum absolute atomic E-state index is 0.0131. The molecule has 7 heteroatoms. The van der Waals surface area contributed by atoms with E-state index in [-0.39, 0.29) is 25.3 Å². The summed E-state index contributed by atoms with van der Waals surface area (Å²) in [6.45, 7) is 3.34. The summed E-state index contributed by atoms with van der Waals surface area (Å²) in [6.07, 6.45) is 4.40. The van der Waals surface area contributed by atoms with Crippen molar-refractivity contribution in [2.45, 2.75) is 45.8 Å². The van der Waals surface area contributed by atoms with Crippen LogP contribution in [0, 0.1) is 17.3 Å². The zero-order chi connectivity index (χ0) is 17.0. The van der Waals surface area contributed by atoms with Gasteiger partial charge in [-0.05, 0) is 24.7 Å². The fraction of sp³-hybridized carbons (Fsp3) is 0.688. The summed E-state index contributed by atoms with van der Waals surface area (Å²) in [5.41, 5.74) is -0.453. The lowest BCUT2D eigenvalue weighted by atomic mass is 9.53. The number of esters is 1. The molecule has 0 saturated heterocycles. The first-order chi connectivity index (χ1) is 10.9. The van der Waals surface area contributed by atoms with Gasteiger partial charge in [-0.25, -0.2) is 4.79 Å². The quantitative estimate of drug-likeness (QED) is 0.422. The van der Waals surface area contributed by atoms with E-state index in [2.05, 4.69) is 17.5 Å². The molecule has 2 aliphatic carbocycles. The van der Waals surface area contributed by atoms with E-state index in [4.69, 9.17) is 14.6 Å². The van der Waals surface area contributed by atoms with Gasteiger partial charge in [0.2, 0.25) is 6.29 Å². The van der Waals surface area contributed by atoms with Crippen molar-refractivity contribution in [3.05, 3.63) is 12.2 Å². The van der Waals surface area contributed by atoms with Crippen LogP contribution < -0.4 is 5.32 Å². The maximum absolute atomic E-state index is 11.8. The van der Waals surface area contributed by atoms with E-state index in [1.54, 1.807) is 6.92 Å². The lowest BCUT2D eigenvalue weighted by molar-refractivity contribution is -0.164. The van der Waals surface area contributed by atoms with Gasteiger partial charge in [-0.1, -0.05) is 19.1 Å². The number of carboxylic acids is 1. The van der Waals surface area contributed by atoms with Crippen molar-refractivity contribution in [3.63, 3.8) is 0 Å². The first kappa shape index (κ1) is 17.3. The van der Waals surface area contributed by atoms with Crippen LogP contribution in [0.5, 0.6) is 0 Å². The Labute approximate surface area is 135 Å². The zero-order valence-electron chi connectivity index (χ0n) is 13.4. The Balaban J connectivity index is 1.84. The number of alkyl carbamates (subject to hydrolysis) is 1. The molecule has 0 aromatic rings. The summed E-state index contributed by atoms with van der Waals surface area (Å²) in [5.74, 6) is -0.652. The SMILES string of the molecule is CCC(=O)O[C@H](C)OC(=O)NC[C@@]1(CC(=O)O)C[C@@H]2CC=C[C@@H]21. The summed E-state index contributed by atoms with van der Waals surface area (Å²) in [4.78, 5) is 34.1. The number of amides is 1. The minimum Gasteiger partial charge on any atom is -0.481 e. The van der Waals surface area contributed by atoms with Crippen LogP contribution in [0.15, 0.2) is 12.2 Å². The van der Waals surface area contributed by atoms with Crippen molar-refractivity contribution < 1.29 is 29.0 Å². The van der Waals surface area contributed by atoms with Gasteiger partial charge in [0.15, 0.2) is 0 Å². The number of fused-ring (bicyclic) bond motifs is 1. The summed E-state index contributed by atoms with van der Waals surface area (Å²) in [6, 6.07) is 0. The third kappa shape index (κ3) is 4.03. The maximum Gasteiger partial charge on any atom is 0.410 e. The second-order valence-corrected chi connectivity index (χ2v) is 6.26. The van der Waals surface area contributed by atoms with Gasteiger partial charge >= 0.3 is 18.0 Å². The molecule has 2 rings (SSSR count). The average Bonchev–Trinajstić information content (AvgIpc) is 2.85. The Morgan fingerprint density at radius 1 is 1.39 bits per heavy atom. The smallest absolute Gasteiger partial charge is 0.410 e. The molecule has 0 bridgehead atoms. The number of nitrogens with one attached hydrogen (secondary N) is 1. The Bertz CT molecular complexity index is 517. The van der Waals surface area contributed by atoms with Crippen LogP contribution in [0.3, 0.4) is 0 Å². The number of ether oxygens (including phenoxy) is 2. The highest BCUT2D eigenvalue weighted by molar-refractivity contribution is 5.71. The molecule has 2 aliphatic rings. The van der Waals surface area contributed by atoms with Crippen LogP contribution >= 0.6 is 0 Å². The van der Waals surface area contributed by atoms with Crippen molar-refractivity contribution in [1.29, 1.82) is 0 Å². The average molecular weight is 325 g/mol. The van der Waals surface area contributed by atoms with Crippen molar-refractivity contribution >= 4 is 18.0 Å². The van der Waals surface area contributed by atoms with Crippen molar-refractivity contribution in [2.75, 3.05) is 6.54 Å². The monoisotopic (exact) mass is 325 g/mol. The molecule has 1 saturated carbocycles. The largest absolute Gasteiger partial charge is 0.481 e. The third-order valence-electron chi connectivity index (χ3n) is 4.61. The molecule has 4 atom stereocenters. The van der Waals surface area contributed by atoms with Crippen LogP contribution in [-0.2, 0) is 19.1 Å². The van der Waals surface area contributed by atoms with Crippen LogP contribution in [0.1, 0.15) is 39.5 Å². The lowest BCUT2D eigenvalue weighted by Crippen LogP contribution is -2.53. The Hall–Kier alpha value is -2.05. The van der Waals surface area contributed by atoms with Gasteiger partial charge in [0.25, 0.3) is 0 Å². The van der Waals surface area contributed by atoms with Gasteiger partial charge in [-0.15, -0.1) is 0 Å². The molecule has 1 fully saturated rings. The minimum atomic E-state index is -0.974. The van der Waals surface area contributed by atoms with Gasteiger partial charge in [-0.2, -0.15) is 0 Å². The normalized spacial score (nSPS) is 29.1. The maximum atomic E-state index is 11.8. The molecule has 1 amide bonds. The molecular formula is C16H23NO6. The number of hydrogen-bond donors (Lipinski definition) is 2. The van der Waals surface area contributed by atoms with Gasteiger partial charge in [-0.3, -0.25) is 9.59 Å². The Kier molecular flexibility index (Phi) is 5.28. The van der Waals surface area contributed by atoms with Crippen LogP contribution in [-0.4, -0.2) is 36.0 Å². The van der Waals surface area contributed by atoms with Crippen molar-refractivity contribution in [3.8, 4) is 0 Å². The van der Waals surface area contributed by atoms with Crippen LogP contribution in [0.25, 0.3) is 0 Å². The van der Waals surface area contributed by atoms with Crippen molar-refractivity contribution in [2.24, 2.45) is 17.3 Å². The zero-order valence-corrected chi connectivity index (χ0v) is 13.4. The highest BCUT2D eigenvalue weighted by Gasteiger charge is 2.54. The topological polar surface area (TPSA) is 102 Å². The molecule has 7 nitrogen and oxygen atoms in total. The number of allylic oxidation sites excluding steroid dienone is 2. The molecular weight excluding hydrogens is 302 g/mol. The van der Waals surface area contributed by atoms with E-state index in [0.29, 0.717) is 5.92 Å². The summed E-state index contributed by atoms with van der Waals surface area (Å²) in [5, 5.41) is 11.8. The molecule has 0 aromatic carbocycles. The lowest BCUT2D eigenvalue weighted by Gasteiger charge is -2.51. The first-order valence-corrected chi connectivity index (χ1v) is 7.88. The van der Waals surface area contributed by atoms with E-state index < -0.39 is 29.7 Å². The van der Waals surface area contributed by atoms with Gasteiger partial charge in [0.1, 0.15) is 0 Å². The molecule has 2 N–H and O–H groups in total. The highest BCUT2D eigenvalue weighted by Crippen LogP contribution is 2.57. The number of carbonyl (C=O) groups is 3. The van der Waals surface area contributed by atoms with Gasteiger partial charge in [0.05, 0.1) is 6.42 Å². The standard InChI is InChI=1S/C16H23NO6/c1-3-14(20)22-10(2)23-15(21)17-9-16(8-13(18)19)7-11-5-4-6-12(11)16/h4,6,10-12H,3,5,7-9H2,1-2H3,(H,17,21)(H,18,19)/t10-,11-,12-,16-/m0/s1. The van der Waals surface area contributed by atoms with Crippen LogP contribution in [0.2, 0.25) is 0 Å². The molecule has 0 unspecified atom stereocenters. The number of aliphatic carboxylic acids is 1. The second kappa shape index (κ2) is 7.02. The molecule has 0 heterocycles. The summed E-state index contributed by atoms with van der Waals surface area (Å²) < 4.78 is 9.79. The van der Waals surface area contributed by atoms with Gasteiger partial charge < -0.3 is 19.9 Å². The Morgan fingerprint density at radius 3 is 2.74 bits per heavy atom. The van der Waals surface area contributed by atoms with Crippen LogP contribution in [0.4, 0.5) is 4.79 Å². The first-order valence-electron chi connectivity index (χ1n) is 7.88. The third-order valence-corrected chi connectivity index (χ3v) is 4.61. The predicted octanol–water partition coefficient (Wildman–Crippen LogP) is 2.07. The number of hydrogen-bond acceptors (Lipinski definition) is 5. The van der Waals surface area contributed by atoms with E-state index in [0.717, 1.165) is 12.8 Å². The van der Waals surface area contributed by atoms with E-state index in [1.165, 1.54) is 6.92 Å². The van der Waals surface area contributed by atoms with Gasteiger partial charge in [0, 0.05) is 25.3 Å². The number of carbonyl (C=O) groups excluding carboxylic acids is 2. The predicted molar refractivity (Wildman–Crippen MR) is 80.4 cm³/mol.